The monoisotopic (exact) mass is 531 g/mol. The second kappa shape index (κ2) is 16.8. The number of amides is 8. The number of hydrogen-bond donors (Lipinski definition) is 10. The molecule has 0 fully saturated rings. The van der Waals surface area contributed by atoms with Gasteiger partial charge in [-0.05, 0) is 0 Å². The third kappa shape index (κ3) is 15.7. The first-order valence-corrected chi connectivity index (χ1v) is 10.4. The number of carboxylic acids is 1. The number of rotatable bonds is 17. The van der Waals surface area contributed by atoms with Gasteiger partial charge in [0.25, 0.3) is 0 Å². The minimum atomic E-state index is -1.49. The average molecular weight is 531 g/mol. The van der Waals surface area contributed by atoms with Crippen molar-refractivity contribution in [2.75, 3.05) is 32.7 Å². The first-order chi connectivity index (χ1) is 17.2. The molecule has 0 aromatic rings. The van der Waals surface area contributed by atoms with E-state index >= 15 is 0 Å². The van der Waals surface area contributed by atoms with Gasteiger partial charge < -0.3 is 54.2 Å². The topological polar surface area (TPSA) is 324 Å². The van der Waals surface area contributed by atoms with Crippen molar-refractivity contribution in [3.63, 3.8) is 0 Å². The molecule has 0 aromatic heterocycles. The van der Waals surface area contributed by atoms with Crippen LogP contribution >= 0.6 is 0 Å². The van der Waals surface area contributed by atoms with E-state index < -0.39 is 111 Å². The minimum absolute atomic E-state index is 0.458. The van der Waals surface area contributed by atoms with Gasteiger partial charge in [0, 0.05) is 0 Å². The Balaban J connectivity index is 4.55. The van der Waals surface area contributed by atoms with Gasteiger partial charge in [-0.15, -0.1) is 0 Å². The average Bonchev–Trinajstić information content (AvgIpc) is 2.81. The molecule has 0 radical (unpaired) electrons. The molecule has 19 nitrogen and oxygen atoms in total. The lowest BCUT2D eigenvalue weighted by Gasteiger charge is -2.17. The maximum Gasteiger partial charge on any atom is 0.322 e. The minimum Gasteiger partial charge on any atom is -0.480 e. The maximum atomic E-state index is 12.1. The molecule has 8 amide bonds. The summed E-state index contributed by atoms with van der Waals surface area (Å²) in [4.78, 5) is 104. The van der Waals surface area contributed by atoms with Crippen LogP contribution in [0.2, 0.25) is 0 Å². The van der Waals surface area contributed by atoms with E-state index in [1.807, 2.05) is 5.32 Å². The normalized spacial score (nSPS) is 11.6. The molecular formula is C18H29N9O10. The van der Waals surface area contributed by atoms with E-state index in [0.29, 0.717) is 0 Å². The van der Waals surface area contributed by atoms with Gasteiger partial charge in [-0.2, -0.15) is 0 Å². The Hall–Kier alpha value is -4.81. The highest BCUT2D eigenvalue weighted by molar-refractivity contribution is 5.96. The first-order valence-electron chi connectivity index (χ1n) is 10.4. The maximum absolute atomic E-state index is 12.1. The standard InChI is InChI=1S/C18H29N9O10/c19-3-12(30)26-8(1-10(20)28)17(36)24-5-14(32)22-4-13(31)23-6-15(33)27-9(2-11(21)29)18(37)25-7-16(34)35/h8-9H,1-7,19H2,(H2,20,28)(H2,21,29)(H,22,32)(H,23,31)(H,24,36)(H,25,37)(H,26,30)(H,27,33)(H,34,35)/t8-,9-/m0/s1. The SMILES string of the molecule is NCC(=O)N[C@@H](CC(N)=O)C(=O)NCC(=O)NCC(=O)NCC(=O)N[C@@H](CC(N)=O)C(=O)NCC(=O)O. The summed E-state index contributed by atoms with van der Waals surface area (Å²) in [6.07, 6.45) is -1.19. The van der Waals surface area contributed by atoms with Crippen LogP contribution in [0.25, 0.3) is 0 Å². The van der Waals surface area contributed by atoms with Gasteiger partial charge in [-0.25, -0.2) is 0 Å². The number of hydrogen-bond acceptors (Lipinski definition) is 10. The van der Waals surface area contributed by atoms with E-state index in [0.717, 1.165) is 0 Å². The smallest absolute Gasteiger partial charge is 0.322 e. The summed E-state index contributed by atoms with van der Waals surface area (Å²) in [6, 6.07) is -2.86. The summed E-state index contributed by atoms with van der Waals surface area (Å²) in [5.74, 6) is -8.48. The number of carbonyl (C=O) groups is 9. The third-order valence-electron chi connectivity index (χ3n) is 4.03. The van der Waals surface area contributed by atoms with Gasteiger partial charge in [0.2, 0.25) is 47.3 Å². The number of carboxylic acid groups (broad SMARTS) is 1. The van der Waals surface area contributed by atoms with E-state index in [1.165, 1.54) is 0 Å². The van der Waals surface area contributed by atoms with Crippen molar-refractivity contribution in [3.8, 4) is 0 Å². The van der Waals surface area contributed by atoms with Crippen LogP contribution in [0, 0.1) is 0 Å². The zero-order chi connectivity index (χ0) is 28.5. The zero-order valence-corrected chi connectivity index (χ0v) is 19.5. The van der Waals surface area contributed by atoms with Crippen molar-refractivity contribution in [1.29, 1.82) is 0 Å². The van der Waals surface area contributed by atoms with Crippen molar-refractivity contribution in [3.05, 3.63) is 0 Å². The fourth-order valence-electron chi connectivity index (χ4n) is 2.38. The number of nitrogens with two attached hydrogens (primary N) is 3. The van der Waals surface area contributed by atoms with E-state index in [1.54, 1.807) is 0 Å². The van der Waals surface area contributed by atoms with Crippen LogP contribution in [-0.4, -0.2) is 103 Å². The molecule has 37 heavy (non-hydrogen) atoms. The fourth-order valence-corrected chi connectivity index (χ4v) is 2.38. The molecule has 0 aromatic carbocycles. The van der Waals surface area contributed by atoms with Crippen molar-refractivity contribution in [2.45, 2.75) is 24.9 Å². The van der Waals surface area contributed by atoms with Crippen LogP contribution in [0.15, 0.2) is 0 Å². The van der Waals surface area contributed by atoms with Crippen molar-refractivity contribution < 1.29 is 48.3 Å². The second-order valence-corrected chi connectivity index (χ2v) is 7.17. The molecule has 13 N–H and O–H groups in total. The zero-order valence-electron chi connectivity index (χ0n) is 19.5. The Bertz CT molecular complexity index is 924. The summed E-state index contributed by atoms with van der Waals surface area (Å²) >= 11 is 0. The number of nitrogens with one attached hydrogen (secondary N) is 6. The summed E-state index contributed by atoms with van der Waals surface area (Å²) in [7, 11) is 0. The van der Waals surface area contributed by atoms with Crippen molar-refractivity contribution >= 4 is 53.2 Å². The van der Waals surface area contributed by atoms with E-state index in [-0.39, 0.29) is 0 Å². The highest BCUT2D eigenvalue weighted by Gasteiger charge is 2.24. The Labute approximate surface area is 209 Å². The summed E-state index contributed by atoms with van der Waals surface area (Å²) in [5, 5.41) is 21.2. The Morgan fingerprint density at radius 2 is 0.946 bits per heavy atom. The molecule has 0 saturated heterocycles. The van der Waals surface area contributed by atoms with Gasteiger partial charge in [-0.1, -0.05) is 0 Å². The van der Waals surface area contributed by atoms with Gasteiger partial charge in [0.05, 0.1) is 39.0 Å². The molecule has 19 heteroatoms. The predicted octanol–water partition coefficient (Wildman–Crippen LogP) is -7.79. The molecule has 0 heterocycles. The number of aliphatic carboxylic acids is 1. The number of primary amides is 2. The predicted molar refractivity (Wildman–Crippen MR) is 120 cm³/mol. The highest BCUT2D eigenvalue weighted by atomic mass is 16.4. The van der Waals surface area contributed by atoms with Crippen LogP contribution in [0.3, 0.4) is 0 Å². The molecule has 0 aliphatic rings. The lowest BCUT2D eigenvalue weighted by molar-refractivity contribution is -0.138. The van der Waals surface area contributed by atoms with Gasteiger partial charge in [0.1, 0.15) is 18.6 Å². The lowest BCUT2D eigenvalue weighted by atomic mass is 10.2. The molecule has 206 valence electrons. The van der Waals surface area contributed by atoms with E-state index in [9.17, 15) is 43.2 Å². The van der Waals surface area contributed by atoms with Crippen LogP contribution in [0.1, 0.15) is 12.8 Å². The van der Waals surface area contributed by atoms with Crippen LogP contribution in [0.4, 0.5) is 0 Å². The quantitative estimate of drug-likeness (QED) is 0.0839. The van der Waals surface area contributed by atoms with Crippen LogP contribution in [0.5, 0.6) is 0 Å². The fraction of sp³-hybridized carbons (Fsp3) is 0.500. The molecular weight excluding hydrogens is 502 g/mol. The molecule has 2 atom stereocenters. The van der Waals surface area contributed by atoms with Crippen molar-refractivity contribution in [2.24, 2.45) is 17.2 Å². The molecule has 0 aliphatic carbocycles. The largest absolute Gasteiger partial charge is 0.480 e. The lowest BCUT2D eigenvalue weighted by Crippen LogP contribution is -2.52. The first kappa shape index (κ1) is 32.2. The van der Waals surface area contributed by atoms with Gasteiger partial charge in [-0.3, -0.25) is 43.2 Å². The molecule has 0 aliphatic heterocycles. The molecule has 0 bridgehead atoms. The number of carbonyl (C=O) groups excluding carboxylic acids is 8. The van der Waals surface area contributed by atoms with Gasteiger partial charge >= 0.3 is 5.97 Å². The van der Waals surface area contributed by atoms with Crippen molar-refractivity contribution in [1.82, 2.24) is 31.9 Å². The van der Waals surface area contributed by atoms with Gasteiger partial charge in [0.15, 0.2) is 0 Å². The highest BCUT2D eigenvalue weighted by Crippen LogP contribution is 1.93. The Morgan fingerprint density at radius 1 is 0.568 bits per heavy atom. The molecule has 0 saturated carbocycles. The van der Waals surface area contributed by atoms with E-state index in [2.05, 4.69) is 26.6 Å². The molecule has 0 unspecified atom stereocenters. The summed E-state index contributed by atoms with van der Waals surface area (Å²) in [6.45, 7) is -3.17. The third-order valence-corrected chi connectivity index (χ3v) is 4.03. The van der Waals surface area contributed by atoms with Crippen LogP contribution in [-0.2, 0) is 43.2 Å². The summed E-state index contributed by atoms with van der Waals surface area (Å²) < 4.78 is 0. The second-order valence-electron chi connectivity index (χ2n) is 7.17. The Kier molecular flexibility index (Phi) is 14.6. The molecule has 0 spiro atoms. The van der Waals surface area contributed by atoms with Crippen LogP contribution < -0.4 is 49.1 Å². The van der Waals surface area contributed by atoms with E-state index in [4.69, 9.17) is 22.3 Å². The Morgan fingerprint density at radius 3 is 1.35 bits per heavy atom. The molecule has 0 rings (SSSR count). The summed E-state index contributed by atoms with van der Waals surface area (Å²) in [5.41, 5.74) is 15.1.